The first kappa shape index (κ1) is 13.3. The second-order valence-electron chi connectivity index (χ2n) is 2.98. The normalized spacial score (nSPS) is 10.8. The molecule has 0 aliphatic rings. The van der Waals surface area contributed by atoms with Gasteiger partial charge in [-0.25, -0.2) is 13.8 Å². The monoisotopic (exact) mass is 313 g/mol. The predicted molar refractivity (Wildman–Crippen MR) is 57.8 cm³/mol. The Morgan fingerprint density at radius 2 is 2.25 bits per heavy atom. The van der Waals surface area contributed by atoms with Gasteiger partial charge in [-0.15, -0.1) is 11.6 Å². The van der Waals surface area contributed by atoms with E-state index in [9.17, 15) is 13.6 Å². The van der Waals surface area contributed by atoms with E-state index in [-0.39, 0.29) is 28.0 Å². The molecule has 0 aromatic carbocycles. The Balaban J connectivity index is 3.22. The number of pyridine rings is 1. The summed E-state index contributed by atoms with van der Waals surface area (Å²) < 4.78 is 25.1. The zero-order valence-electron chi connectivity index (χ0n) is 7.88. The molecule has 0 fully saturated rings. The second-order valence-corrected chi connectivity index (χ2v) is 4.00. The van der Waals surface area contributed by atoms with Crippen LogP contribution in [0.3, 0.4) is 0 Å². The lowest BCUT2D eigenvalue weighted by Gasteiger charge is -2.09. The van der Waals surface area contributed by atoms with Crippen molar-refractivity contribution >= 4 is 33.5 Å². The zero-order chi connectivity index (χ0) is 12.3. The van der Waals surface area contributed by atoms with Crippen LogP contribution in [-0.4, -0.2) is 16.1 Å². The first-order valence-corrected chi connectivity index (χ1v) is 5.52. The molecule has 0 amide bonds. The number of rotatable bonds is 4. The number of carboxylic acid groups (broad SMARTS) is 1. The Morgan fingerprint density at radius 1 is 1.62 bits per heavy atom. The molecule has 0 spiro atoms. The molecule has 1 heterocycles. The highest BCUT2D eigenvalue weighted by Gasteiger charge is 2.17. The van der Waals surface area contributed by atoms with Crippen molar-refractivity contribution in [3.63, 3.8) is 0 Å². The number of alkyl halides is 3. The predicted octanol–water partition coefficient (Wildman–Crippen LogP) is 3.15. The topological polar surface area (TPSA) is 50.2 Å². The molecule has 0 saturated heterocycles. The second kappa shape index (κ2) is 5.54. The lowest BCUT2D eigenvalue weighted by molar-refractivity contribution is -0.136. The SMILES string of the molecule is O=C(O)Cc1cc(C(F)F)c(Br)nc1CCl. The molecular formula is C9H7BrClF2NO2. The minimum absolute atomic E-state index is 0.00714. The molecule has 0 radical (unpaired) electrons. The van der Waals surface area contributed by atoms with Crippen molar-refractivity contribution in [1.82, 2.24) is 4.98 Å². The largest absolute Gasteiger partial charge is 0.481 e. The van der Waals surface area contributed by atoms with Crippen LogP contribution in [-0.2, 0) is 17.1 Å². The summed E-state index contributed by atoms with van der Waals surface area (Å²) in [5.41, 5.74) is 0.173. The summed E-state index contributed by atoms with van der Waals surface area (Å²) in [6.45, 7) is 0. The fraction of sp³-hybridized carbons (Fsp3) is 0.333. The van der Waals surface area contributed by atoms with E-state index in [0.717, 1.165) is 6.07 Å². The molecule has 0 saturated carbocycles. The number of carboxylic acids is 1. The number of hydrogen-bond donors (Lipinski definition) is 1. The molecule has 0 aliphatic carbocycles. The first-order valence-electron chi connectivity index (χ1n) is 4.19. The average molecular weight is 315 g/mol. The molecule has 1 aromatic rings. The van der Waals surface area contributed by atoms with Crippen molar-refractivity contribution in [2.24, 2.45) is 0 Å². The van der Waals surface area contributed by atoms with Crippen LogP contribution in [0.25, 0.3) is 0 Å². The van der Waals surface area contributed by atoms with Crippen molar-refractivity contribution in [1.29, 1.82) is 0 Å². The molecule has 0 bridgehead atoms. The van der Waals surface area contributed by atoms with E-state index in [0.29, 0.717) is 5.69 Å². The van der Waals surface area contributed by atoms with Crippen molar-refractivity contribution in [3.8, 4) is 0 Å². The van der Waals surface area contributed by atoms with Gasteiger partial charge in [0.1, 0.15) is 4.60 Å². The summed E-state index contributed by atoms with van der Waals surface area (Å²) in [5.74, 6) is -1.14. The number of aromatic nitrogens is 1. The van der Waals surface area contributed by atoms with Crippen molar-refractivity contribution in [2.75, 3.05) is 0 Å². The summed E-state index contributed by atoms with van der Waals surface area (Å²) in [5, 5.41) is 8.62. The van der Waals surface area contributed by atoms with E-state index < -0.39 is 12.4 Å². The molecule has 3 nitrogen and oxygen atoms in total. The van der Waals surface area contributed by atoms with Gasteiger partial charge in [0.05, 0.1) is 23.6 Å². The summed E-state index contributed by atoms with van der Waals surface area (Å²) in [6, 6.07) is 1.12. The van der Waals surface area contributed by atoms with Crippen molar-refractivity contribution in [2.45, 2.75) is 18.7 Å². The molecule has 16 heavy (non-hydrogen) atoms. The third-order valence-electron chi connectivity index (χ3n) is 1.88. The van der Waals surface area contributed by atoms with Gasteiger partial charge in [0.15, 0.2) is 0 Å². The maximum absolute atomic E-state index is 12.5. The van der Waals surface area contributed by atoms with Gasteiger partial charge in [0, 0.05) is 0 Å². The highest BCUT2D eigenvalue weighted by atomic mass is 79.9. The van der Waals surface area contributed by atoms with Crippen LogP contribution >= 0.6 is 27.5 Å². The van der Waals surface area contributed by atoms with E-state index in [2.05, 4.69) is 20.9 Å². The maximum Gasteiger partial charge on any atom is 0.307 e. The quantitative estimate of drug-likeness (QED) is 0.686. The molecule has 1 aromatic heterocycles. The maximum atomic E-state index is 12.5. The fourth-order valence-corrected chi connectivity index (χ4v) is 1.90. The van der Waals surface area contributed by atoms with E-state index in [1.165, 1.54) is 0 Å². The van der Waals surface area contributed by atoms with Crippen molar-refractivity contribution < 1.29 is 18.7 Å². The van der Waals surface area contributed by atoms with Crippen LogP contribution in [0.5, 0.6) is 0 Å². The number of halogens is 4. The highest BCUT2D eigenvalue weighted by Crippen LogP contribution is 2.28. The molecular weight excluding hydrogens is 307 g/mol. The summed E-state index contributed by atoms with van der Waals surface area (Å²) in [6.07, 6.45) is -3.08. The molecule has 1 rings (SSSR count). The summed E-state index contributed by atoms with van der Waals surface area (Å²) in [7, 11) is 0. The van der Waals surface area contributed by atoms with Gasteiger partial charge >= 0.3 is 5.97 Å². The van der Waals surface area contributed by atoms with Crippen LogP contribution in [0.1, 0.15) is 23.2 Å². The van der Waals surface area contributed by atoms with Gasteiger partial charge in [-0.2, -0.15) is 0 Å². The standard InChI is InChI=1S/C9H7BrClF2NO2/c10-8-5(9(12)13)1-4(2-7(15)16)6(3-11)14-8/h1,9H,2-3H2,(H,15,16). The summed E-state index contributed by atoms with van der Waals surface area (Å²) in [4.78, 5) is 14.3. The molecule has 88 valence electrons. The van der Waals surface area contributed by atoms with E-state index in [1.54, 1.807) is 0 Å². The van der Waals surface area contributed by atoms with Crippen molar-refractivity contribution in [3.05, 3.63) is 27.5 Å². The fourth-order valence-electron chi connectivity index (χ4n) is 1.17. The Hall–Kier alpha value is -0.750. The van der Waals surface area contributed by atoms with Gasteiger partial charge in [-0.1, -0.05) is 0 Å². The average Bonchev–Trinajstić information content (AvgIpc) is 2.18. The first-order chi connectivity index (χ1) is 7.45. The summed E-state index contributed by atoms with van der Waals surface area (Å²) >= 11 is 8.45. The smallest absolute Gasteiger partial charge is 0.307 e. The van der Waals surface area contributed by atoms with E-state index in [1.807, 2.05) is 0 Å². The Labute approximate surface area is 104 Å². The third-order valence-corrected chi connectivity index (χ3v) is 2.76. The molecule has 1 N–H and O–H groups in total. The number of aliphatic carboxylic acids is 1. The number of carbonyl (C=O) groups is 1. The van der Waals surface area contributed by atoms with Crippen LogP contribution in [0.4, 0.5) is 8.78 Å². The van der Waals surface area contributed by atoms with Crippen LogP contribution in [0.15, 0.2) is 10.7 Å². The zero-order valence-corrected chi connectivity index (χ0v) is 10.2. The van der Waals surface area contributed by atoms with E-state index >= 15 is 0 Å². The Bertz CT molecular complexity index is 415. The molecule has 0 atom stereocenters. The third kappa shape index (κ3) is 3.12. The lowest BCUT2D eigenvalue weighted by atomic mass is 10.1. The minimum atomic E-state index is -2.71. The number of hydrogen-bond acceptors (Lipinski definition) is 2. The van der Waals surface area contributed by atoms with Crippen LogP contribution < -0.4 is 0 Å². The molecule has 0 aliphatic heterocycles. The van der Waals surface area contributed by atoms with Gasteiger partial charge in [-0.3, -0.25) is 4.79 Å². The highest BCUT2D eigenvalue weighted by molar-refractivity contribution is 9.10. The Morgan fingerprint density at radius 3 is 2.69 bits per heavy atom. The number of nitrogens with zero attached hydrogens (tertiary/aromatic N) is 1. The van der Waals surface area contributed by atoms with Gasteiger partial charge < -0.3 is 5.11 Å². The van der Waals surface area contributed by atoms with Crippen LogP contribution in [0, 0.1) is 0 Å². The van der Waals surface area contributed by atoms with Crippen LogP contribution in [0.2, 0.25) is 0 Å². The molecule has 7 heteroatoms. The van der Waals surface area contributed by atoms with Gasteiger partial charge in [0.2, 0.25) is 0 Å². The molecule has 0 unspecified atom stereocenters. The van der Waals surface area contributed by atoms with E-state index in [4.69, 9.17) is 16.7 Å². The van der Waals surface area contributed by atoms with Gasteiger partial charge in [0.25, 0.3) is 6.43 Å². The minimum Gasteiger partial charge on any atom is -0.481 e. The van der Waals surface area contributed by atoms with Gasteiger partial charge in [-0.05, 0) is 27.6 Å². The Kier molecular flexibility index (Phi) is 4.61. The lowest BCUT2D eigenvalue weighted by Crippen LogP contribution is -2.06.